The number of nitrogens with zero attached hydrogens (tertiary/aromatic N) is 2. The van der Waals surface area contributed by atoms with Crippen molar-refractivity contribution in [3.63, 3.8) is 0 Å². The van der Waals surface area contributed by atoms with Crippen molar-refractivity contribution in [1.29, 1.82) is 5.26 Å². The minimum absolute atomic E-state index is 0.261. The van der Waals surface area contributed by atoms with Gasteiger partial charge in [-0.2, -0.15) is 17.0 Å². The summed E-state index contributed by atoms with van der Waals surface area (Å²) >= 11 is 2.06. The van der Waals surface area contributed by atoms with Gasteiger partial charge in [-0.3, -0.25) is 0 Å². The van der Waals surface area contributed by atoms with Gasteiger partial charge in [0.2, 0.25) is 0 Å². The largest absolute Gasteiger partial charge is 0.311 e. The van der Waals surface area contributed by atoms with E-state index in [-0.39, 0.29) is 5.92 Å². The highest BCUT2D eigenvalue weighted by atomic mass is 32.2. The quantitative estimate of drug-likeness (QED) is 0.803. The van der Waals surface area contributed by atoms with Crippen LogP contribution in [-0.4, -0.2) is 48.6 Å². The zero-order valence-electron chi connectivity index (χ0n) is 9.82. The Labute approximate surface area is 103 Å². The van der Waals surface area contributed by atoms with Gasteiger partial charge in [-0.05, 0) is 12.8 Å². The van der Waals surface area contributed by atoms with E-state index in [0.717, 1.165) is 19.5 Å². The molecule has 0 amide bonds. The molecule has 4 heteroatoms. The summed E-state index contributed by atoms with van der Waals surface area (Å²) in [5, 5.41) is 12.5. The van der Waals surface area contributed by atoms with Crippen LogP contribution in [0, 0.1) is 17.2 Å². The smallest absolute Gasteiger partial charge is 0.0672 e. The van der Waals surface area contributed by atoms with Gasteiger partial charge in [0.15, 0.2) is 0 Å². The number of nitrogens with one attached hydrogen (secondary N) is 1. The Bertz CT molecular complexity index is 245. The van der Waals surface area contributed by atoms with Gasteiger partial charge in [0.25, 0.3) is 0 Å². The molecule has 2 rings (SSSR count). The summed E-state index contributed by atoms with van der Waals surface area (Å²) in [7, 11) is 0. The zero-order chi connectivity index (χ0) is 11.2. The van der Waals surface area contributed by atoms with Gasteiger partial charge in [0.05, 0.1) is 12.0 Å². The Morgan fingerprint density at radius 3 is 2.88 bits per heavy atom. The van der Waals surface area contributed by atoms with Crippen molar-refractivity contribution in [3.05, 3.63) is 0 Å². The van der Waals surface area contributed by atoms with Crippen LogP contribution in [0.1, 0.15) is 19.3 Å². The Hall–Kier alpha value is -0.240. The van der Waals surface area contributed by atoms with Crippen LogP contribution in [-0.2, 0) is 0 Å². The fourth-order valence-corrected chi connectivity index (χ4v) is 3.57. The van der Waals surface area contributed by atoms with Crippen LogP contribution in [0.5, 0.6) is 0 Å². The van der Waals surface area contributed by atoms with Crippen molar-refractivity contribution >= 4 is 11.8 Å². The van der Waals surface area contributed by atoms with Gasteiger partial charge < -0.3 is 10.2 Å². The van der Waals surface area contributed by atoms with Gasteiger partial charge in [-0.25, -0.2) is 0 Å². The standard InChI is InChI=1S/C12H21N3S/c13-10-11-2-1-3-12(11)14-4-5-15-6-8-16-9-7-15/h11-12,14H,1-9H2. The number of nitriles is 1. The molecule has 2 atom stereocenters. The Morgan fingerprint density at radius 1 is 1.31 bits per heavy atom. The molecule has 1 saturated carbocycles. The third kappa shape index (κ3) is 3.38. The molecule has 0 aromatic carbocycles. The van der Waals surface area contributed by atoms with Crippen molar-refractivity contribution in [2.45, 2.75) is 25.3 Å². The van der Waals surface area contributed by atoms with E-state index in [1.165, 1.54) is 37.4 Å². The summed E-state index contributed by atoms with van der Waals surface area (Å²) in [4.78, 5) is 2.53. The summed E-state index contributed by atoms with van der Waals surface area (Å²) in [6.07, 6.45) is 3.50. The van der Waals surface area contributed by atoms with Crippen LogP contribution in [0.25, 0.3) is 0 Å². The Morgan fingerprint density at radius 2 is 2.12 bits per heavy atom. The molecule has 2 aliphatic rings. The van der Waals surface area contributed by atoms with Crippen molar-refractivity contribution in [2.75, 3.05) is 37.7 Å². The summed E-state index contributed by atoms with van der Waals surface area (Å²) < 4.78 is 0. The van der Waals surface area contributed by atoms with E-state index >= 15 is 0 Å². The molecule has 1 aliphatic carbocycles. The summed E-state index contributed by atoms with van der Waals surface area (Å²) in [5.41, 5.74) is 0. The lowest BCUT2D eigenvalue weighted by Gasteiger charge is -2.27. The lowest BCUT2D eigenvalue weighted by atomic mass is 10.1. The van der Waals surface area contributed by atoms with E-state index < -0.39 is 0 Å². The molecule has 90 valence electrons. The average molecular weight is 239 g/mol. The third-order valence-electron chi connectivity index (χ3n) is 3.62. The van der Waals surface area contributed by atoms with Crippen LogP contribution < -0.4 is 5.32 Å². The molecule has 1 heterocycles. The number of rotatable bonds is 4. The van der Waals surface area contributed by atoms with Gasteiger partial charge in [0, 0.05) is 43.7 Å². The first-order valence-electron chi connectivity index (χ1n) is 6.33. The minimum atomic E-state index is 0.261. The fraction of sp³-hybridized carbons (Fsp3) is 0.917. The molecule has 2 fully saturated rings. The number of thioether (sulfide) groups is 1. The highest BCUT2D eigenvalue weighted by molar-refractivity contribution is 7.99. The molecule has 0 spiro atoms. The topological polar surface area (TPSA) is 39.1 Å². The van der Waals surface area contributed by atoms with Crippen molar-refractivity contribution in [1.82, 2.24) is 10.2 Å². The second kappa shape index (κ2) is 6.48. The first-order chi connectivity index (χ1) is 7.90. The first-order valence-corrected chi connectivity index (χ1v) is 7.49. The highest BCUT2D eigenvalue weighted by Gasteiger charge is 2.26. The second-order valence-electron chi connectivity index (χ2n) is 4.68. The van der Waals surface area contributed by atoms with E-state index in [1.807, 2.05) is 0 Å². The average Bonchev–Trinajstić information content (AvgIpc) is 2.78. The molecule has 1 aliphatic heterocycles. The fourth-order valence-electron chi connectivity index (χ4n) is 2.59. The van der Waals surface area contributed by atoms with Gasteiger partial charge >= 0.3 is 0 Å². The summed E-state index contributed by atoms with van der Waals surface area (Å²) in [6, 6.07) is 2.89. The van der Waals surface area contributed by atoms with Crippen molar-refractivity contribution in [2.24, 2.45) is 5.92 Å². The third-order valence-corrected chi connectivity index (χ3v) is 4.56. The van der Waals surface area contributed by atoms with Gasteiger partial charge in [-0.15, -0.1) is 0 Å². The molecule has 1 saturated heterocycles. The molecule has 0 radical (unpaired) electrons. The molecule has 3 nitrogen and oxygen atoms in total. The zero-order valence-corrected chi connectivity index (χ0v) is 10.6. The monoisotopic (exact) mass is 239 g/mol. The maximum absolute atomic E-state index is 8.98. The molecular weight excluding hydrogens is 218 g/mol. The molecule has 2 unspecified atom stereocenters. The molecular formula is C12H21N3S. The van der Waals surface area contributed by atoms with Gasteiger partial charge in [-0.1, -0.05) is 6.42 Å². The van der Waals surface area contributed by atoms with E-state index in [2.05, 4.69) is 28.0 Å². The molecule has 16 heavy (non-hydrogen) atoms. The van der Waals surface area contributed by atoms with Crippen LogP contribution in [0.3, 0.4) is 0 Å². The Balaban J connectivity index is 1.62. The number of hydrogen-bond donors (Lipinski definition) is 1. The summed E-state index contributed by atoms with van der Waals surface area (Å²) in [6.45, 7) is 4.67. The van der Waals surface area contributed by atoms with Crippen molar-refractivity contribution in [3.8, 4) is 6.07 Å². The van der Waals surface area contributed by atoms with Crippen LogP contribution in [0.15, 0.2) is 0 Å². The maximum Gasteiger partial charge on any atom is 0.0672 e. The molecule has 1 N–H and O–H groups in total. The molecule has 0 aromatic heterocycles. The van der Waals surface area contributed by atoms with Gasteiger partial charge in [0.1, 0.15) is 0 Å². The Kier molecular flexibility index (Phi) is 4.95. The van der Waals surface area contributed by atoms with Crippen LogP contribution in [0.2, 0.25) is 0 Å². The van der Waals surface area contributed by atoms with Crippen LogP contribution >= 0.6 is 11.8 Å². The maximum atomic E-state index is 8.98. The van der Waals surface area contributed by atoms with E-state index in [9.17, 15) is 0 Å². The van der Waals surface area contributed by atoms with E-state index in [1.54, 1.807) is 0 Å². The lowest BCUT2D eigenvalue weighted by molar-refractivity contribution is 0.292. The van der Waals surface area contributed by atoms with E-state index in [4.69, 9.17) is 5.26 Å². The predicted molar refractivity (Wildman–Crippen MR) is 68.5 cm³/mol. The predicted octanol–water partition coefficient (Wildman–Crippen LogP) is 1.32. The first kappa shape index (κ1) is 12.2. The highest BCUT2D eigenvalue weighted by Crippen LogP contribution is 2.24. The molecule has 0 bridgehead atoms. The number of hydrogen-bond acceptors (Lipinski definition) is 4. The van der Waals surface area contributed by atoms with E-state index in [0.29, 0.717) is 6.04 Å². The SMILES string of the molecule is N#CC1CCCC1NCCN1CCSCC1. The normalized spacial score (nSPS) is 31.4. The summed E-state index contributed by atoms with van der Waals surface area (Å²) in [5.74, 6) is 2.83. The van der Waals surface area contributed by atoms with Crippen molar-refractivity contribution < 1.29 is 0 Å². The van der Waals surface area contributed by atoms with Crippen LogP contribution in [0.4, 0.5) is 0 Å². The molecule has 0 aromatic rings. The second-order valence-corrected chi connectivity index (χ2v) is 5.91. The lowest BCUT2D eigenvalue weighted by Crippen LogP contribution is -2.41. The minimum Gasteiger partial charge on any atom is -0.311 e.